The Hall–Kier alpha value is -3.32. The molecule has 4 nitrogen and oxygen atoms in total. The number of thiocarbonyl (C=S) groups is 1. The van der Waals surface area contributed by atoms with Crippen molar-refractivity contribution in [2.45, 2.75) is 0 Å². The Morgan fingerprint density at radius 3 is 2.52 bits per heavy atom. The molecule has 2 aromatic heterocycles. The van der Waals surface area contributed by atoms with Crippen LogP contribution in [0.5, 0.6) is 0 Å². The van der Waals surface area contributed by atoms with Crippen LogP contribution in [0.15, 0.2) is 60.9 Å². The largest absolute Gasteiger partial charge is 0.388 e. The molecule has 0 fully saturated rings. The van der Waals surface area contributed by atoms with Gasteiger partial charge in [0.05, 0.1) is 5.52 Å². The fourth-order valence-electron chi connectivity index (χ4n) is 2.83. The van der Waals surface area contributed by atoms with Crippen molar-refractivity contribution >= 4 is 28.1 Å². The second kappa shape index (κ2) is 6.77. The number of hydrogen-bond donors (Lipinski definition) is 1. The van der Waals surface area contributed by atoms with Crippen LogP contribution in [0.25, 0.3) is 33.4 Å². The molecule has 132 valence electrons. The number of nitrogens with zero attached hydrogens (tertiary/aromatic N) is 3. The third-order valence-electron chi connectivity index (χ3n) is 4.09. The van der Waals surface area contributed by atoms with Gasteiger partial charge in [0.25, 0.3) is 0 Å². The van der Waals surface area contributed by atoms with E-state index in [0.29, 0.717) is 28.0 Å². The third-order valence-corrected chi connectivity index (χ3v) is 4.28. The first-order chi connectivity index (χ1) is 13.0. The summed E-state index contributed by atoms with van der Waals surface area (Å²) in [6.07, 6.45) is 3.30. The smallest absolute Gasteiger partial charge is 0.162 e. The summed E-state index contributed by atoms with van der Waals surface area (Å²) in [6.45, 7) is 0. The van der Waals surface area contributed by atoms with Crippen LogP contribution in [0.1, 0.15) is 5.69 Å². The van der Waals surface area contributed by atoms with Crippen LogP contribution in [0, 0.1) is 11.6 Å². The molecule has 0 saturated carbocycles. The Balaban J connectivity index is 1.93. The number of pyridine rings is 1. The third kappa shape index (κ3) is 3.24. The van der Waals surface area contributed by atoms with Gasteiger partial charge in [-0.3, -0.25) is 4.98 Å². The SMILES string of the molecule is NC(=S)c1nc(-c2cccnc2)nc2ccc(-c3ccc(F)cc3F)cc12. The van der Waals surface area contributed by atoms with Gasteiger partial charge in [-0.2, -0.15) is 0 Å². The Labute approximate surface area is 158 Å². The molecule has 27 heavy (non-hydrogen) atoms. The van der Waals surface area contributed by atoms with Gasteiger partial charge in [0.1, 0.15) is 22.3 Å². The lowest BCUT2D eigenvalue weighted by Gasteiger charge is -2.10. The molecule has 0 aliphatic rings. The normalized spacial score (nSPS) is 10.9. The van der Waals surface area contributed by atoms with E-state index < -0.39 is 11.6 Å². The minimum Gasteiger partial charge on any atom is -0.388 e. The number of rotatable bonds is 3. The highest BCUT2D eigenvalue weighted by Gasteiger charge is 2.14. The minimum absolute atomic E-state index is 0.101. The summed E-state index contributed by atoms with van der Waals surface area (Å²) in [5.74, 6) is -0.844. The molecule has 2 heterocycles. The first-order valence-corrected chi connectivity index (χ1v) is 8.41. The fraction of sp³-hybridized carbons (Fsp3) is 0. The second-order valence-electron chi connectivity index (χ2n) is 5.86. The van der Waals surface area contributed by atoms with Crippen LogP contribution in [-0.4, -0.2) is 19.9 Å². The molecule has 0 bridgehead atoms. The number of benzene rings is 2. The summed E-state index contributed by atoms with van der Waals surface area (Å²) in [5.41, 5.74) is 8.41. The van der Waals surface area contributed by atoms with E-state index in [1.165, 1.54) is 12.1 Å². The molecular weight excluding hydrogens is 366 g/mol. The van der Waals surface area contributed by atoms with Crippen molar-refractivity contribution in [1.29, 1.82) is 0 Å². The second-order valence-corrected chi connectivity index (χ2v) is 6.30. The van der Waals surface area contributed by atoms with Gasteiger partial charge >= 0.3 is 0 Å². The molecule has 0 radical (unpaired) electrons. The maximum absolute atomic E-state index is 14.2. The Kier molecular flexibility index (Phi) is 4.29. The van der Waals surface area contributed by atoms with Crippen molar-refractivity contribution in [2.75, 3.05) is 0 Å². The van der Waals surface area contributed by atoms with Gasteiger partial charge in [-0.05, 0) is 42.0 Å². The molecule has 0 aliphatic carbocycles. The molecule has 0 amide bonds. The average Bonchev–Trinajstić information content (AvgIpc) is 2.67. The zero-order chi connectivity index (χ0) is 19.0. The minimum atomic E-state index is -0.654. The first-order valence-electron chi connectivity index (χ1n) is 8.00. The molecule has 2 N–H and O–H groups in total. The van der Waals surface area contributed by atoms with Gasteiger partial charge in [-0.25, -0.2) is 18.7 Å². The highest BCUT2D eigenvalue weighted by atomic mass is 32.1. The number of fused-ring (bicyclic) bond motifs is 1. The van der Waals surface area contributed by atoms with E-state index in [4.69, 9.17) is 18.0 Å². The lowest BCUT2D eigenvalue weighted by molar-refractivity contribution is 0.585. The summed E-state index contributed by atoms with van der Waals surface area (Å²) in [5, 5.41) is 0.594. The first kappa shape index (κ1) is 17.1. The maximum atomic E-state index is 14.2. The quantitative estimate of drug-likeness (QED) is 0.539. The van der Waals surface area contributed by atoms with Gasteiger partial charge in [-0.15, -0.1) is 0 Å². The molecule has 0 unspecified atom stereocenters. The number of hydrogen-bond acceptors (Lipinski definition) is 4. The van der Waals surface area contributed by atoms with Crippen LogP contribution in [-0.2, 0) is 0 Å². The molecule has 4 aromatic rings. The maximum Gasteiger partial charge on any atom is 0.162 e. The van der Waals surface area contributed by atoms with Gasteiger partial charge in [-0.1, -0.05) is 18.3 Å². The van der Waals surface area contributed by atoms with Crippen molar-refractivity contribution in [3.63, 3.8) is 0 Å². The standard InChI is InChI=1S/C20H12F2N4S/c21-13-4-5-14(16(22)9-13)11-3-6-17-15(8-11)18(19(23)27)26-20(25-17)12-2-1-7-24-10-12/h1-10H,(H2,23,27). The zero-order valence-corrected chi connectivity index (χ0v) is 14.7. The summed E-state index contributed by atoms with van der Waals surface area (Å²) in [7, 11) is 0. The molecule has 4 rings (SSSR count). The lowest BCUT2D eigenvalue weighted by atomic mass is 10.0. The predicted molar refractivity (Wildman–Crippen MR) is 104 cm³/mol. The summed E-state index contributed by atoms with van der Waals surface area (Å²) in [4.78, 5) is 13.2. The van der Waals surface area contributed by atoms with Crippen molar-refractivity contribution in [2.24, 2.45) is 5.73 Å². The van der Waals surface area contributed by atoms with Crippen LogP contribution in [0.2, 0.25) is 0 Å². The van der Waals surface area contributed by atoms with Crippen molar-refractivity contribution in [3.05, 3.63) is 78.3 Å². The van der Waals surface area contributed by atoms with Crippen LogP contribution in [0.4, 0.5) is 8.78 Å². The molecule has 2 aromatic carbocycles. The summed E-state index contributed by atoms with van der Waals surface area (Å²) in [6, 6.07) is 12.2. The Bertz CT molecular complexity index is 1180. The van der Waals surface area contributed by atoms with Crippen LogP contribution in [0.3, 0.4) is 0 Å². The topological polar surface area (TPSA) is 64.7 Å². The number of nitrogens with two attached hydrogens (primary N) is 1. The van der Waals surface area contributed by atoms with E-state index in [2.05, 4.69) is 15.0 Å². The van der Waals surface area contributed by atoms with E-state index in [1.54, 1.807) is 36.7 Å². The summed E-state index contributed by atoms with van der Waals surface area (Å²) < 4.78 is 27.3. The molecule has 0 aliphatic heterocycles. The Morgan fingerprint density at radius 1 is 0.963 bits per heavy atom. The highest BCUT2D eigenvalue weighted by Crippen LogP contribution is 2.29. The predicted octanol–water partition coefficient (Wildman–Crippen LogP) is 4.27. The molecule has 7 heteroatoms. The monoisotopic (exact) mass is 378 g/mol. The van der Waals surface area contributed by atoms with Crippen LogP contribution >= 0.6 is 12.2 Å². The van der Waals surface area contributed by atoms with Gasteiger partial charge in [0.15, 0.2) is 5.82 Å². The molecular formula is C20H12F2N4S. The van der Waals surface area contributed by atoms with E-state index in [-0.39, 0.29) is 10.6 Å². The lowest BCUT2D eigenvalue weighted by Crippen LogP contribution is -2.13. The van der Waals surface area contributed by atoms with E-state index in [1.807, 2.05) is 6.07 Å². The number of halogens is 2. The summed E-state index contributed by atoms with van der Waals surface area (Å²) >= 11 is 5.15. The number of aromatic nitrogens is 3. The van der Waals surface area contributed by atoms with Gasteiger partial charge in [0.2, 0.25) is 0 Å². The zero-order valence-electron chi connectivity index (χ0n) is 13.9. The Morgan fingerprint density at radius 2 is 1.81 bits per heavy atom. The van der Waals surface area contributed by atoms with E-state index in [0.717, 1.165) is 11.6 Å². The molecule has 0 atom stereocenters. The van der Waals surface area contributed by atoms with E-state index in [9.17, 15) is 8.78 Å². The average molecular weight is 378 g/mol. The van der Waals surface area contributed by atoms with Crippen molar-refractivity contribution in [1.82, 2.24) is 15.0 Å². The van der Waals surface area contributed by atoms with Crippen molar-refractivity contribution < 1.29 is 8.78 Å². The van der Waals surface area contributed by atoms with Crippen molar-refractivity contribution in [3.8, 4) is 22.5 Å². The van der Waals surface area contributed by atoms with Crippen LogP contribution < -0.4 is 5.73 Å². The van der Waals surface area contributed by atoms with Gasteiger partial charge in [0, 0.05) is 35.0 Å². The molecule has 0 spiro atoms. The highest BCUT2D eigenvalue weighted by molar-refractivity contribution is 7.80. The van der Waals surface area contributed by atoms with Gasteiger partial charge < -0.3 is 5.73 Å². The molecule has 0 saturated heterocycles. The van der Waals surface area contributed by atoms with E-state index >= 15 is 0 Å². The fourth-order valence-corrected chi connectivity index (χ4v) is 2.99.